The molecule has 0 saturated carbocycles. The van der Waals surface area contributed by atoms with E-state index in [-0.39, 0.29) is 11.8 Å². The maximum absolute atomic E-state index is 12.5. The molecule has 0 aliphatic heterocycles. The zero-order valence-corrected chi connectivity index (χ0v) is 18.9. The smallest absolute Gasteiger partial charge is 0.220 e. The Bertz CT molecular complexity index is 961. The van der Waals surface area contributed by atoms with Crippen LogP contribution >= 0.6 is 23.2 Å². The molecule has 1 N–H and O–H groups in total. The molecule has 1 amide bonds. The molecule has 30 heavy (non-hydrogen) atoms. The first-order valence-corrected chi connectivity index (χ1v) is 11.0. The minimum Gasteiger partial charge on any atom is -0.355 e. The molecule has 3 rings (SSSR count). The lowest BCUT2D eigenvalue weighted by Gasteiger charge is -2.19. The molecule has 3 aromatic rings. The second-order valence-electron chi connectivity index (χ2n) is 7.88. The van der Waals surface area contributed by atoms with Crippen LogP contribution in [0.3, 0.4) is 0 Å². The Morgan fingerprint density at radius 1 is 0.833 bits per heavy atom. The standard InChI is InChI=1S/C26H27Cl2NO/c1-18-13-19(2)15-21(14-18)5-12-26(30)29-17-23(22-6-10-25(28)11-7-22)16-20-3-8-24(27)9-4-20/h3-4,6-11,13-15,23H,5,12,16-17H2,1-2H3,(H,29,30)/t23-/m0/s1. The molecule has 2 nitrogen and oxygen atoms in total. The summed E-state index contributed by atoms with van der Waals surface area (Å²) in [4.78, 5) is 12.5. The van der Waals surface area contributed by atoms with Crippen molar-refractivity contribution in [2.45, 2.75) is 39.0 Å². The molecule has 0 aliphatic carbocycles. The van der Waals surface area contributed by atoms with Crippen LogP contribution in [0.2, 0.25) is 10.0 Å². The van der Waals surface area contributed by atoms with Crippen LogP contribution in [0.5, 0.6) is 0 Å². The van der Waals surface area contributed by atoms with Crippen molar-refractivity contribution in [2.24, 2.45) is 0 Å². The average Bonchev–Trinajstić information content (AvgIpc) is 2.71. The van der Waals surface area contributed by atoms with Gasteiger partial charge < -0.3 is 5.32 Å². The monoisotopic (exact) mass is 439 g/mol. The van der Waals surface area contributed by atoms with Crippen molar-refractivity contribution in [2.75, 3.05) is 6.54 Å². The van der Waals surface area contributed by atoms with E-state index in [2.05, 4.69) is 37.4 Å². The molecule has 4 heteroatoms. The number of nitrogens with one attached hydrogen (secondary N) is 1. The van der Waals surface area contributed by atoms with Gasteiger partial charge in [-0.05, 0) is 67.6 Å². The molecular weight excluding hydrogens is 413 g/mol. The van der Waals surface area contributed by atoms with Crippen molar-refractivity contribution in [3.8, 4) is 0 Å². The highest BCUT2D eigenvalue weighted by atomic mass is 35.5. The molecule has 0 unspecified atom stereocenters. The lowest BCUT2D eigenvalue weighted by Crippen LogP contribution is -2.29. The van der Waals surface area contributed by atoms with E-state index in [1.54, 1.807) is 0 Å². The van der Waals surface area contributed by atoms with E-state index in [1.807, 2.05) is 48.5 Å². The topological polar surface area (TPSA) is 29.1 Å². The first-order chi connectivity index (χ1) is 14.4. The molecule has 0 saturated heterocycles. The van der Waals surface area contributed by atoms with Crippen LogP contribution < -0.4 is 5.32 Å². The fourth-order valence-electron chi connectivity index (χ4n) is 3.74. The van der Waals surface area contributed by atoms with Gasteiger partial charge in [0.05, 0.1) is 0 Å². The summed E-state index contributed by atoms with van der Waals surface area (Å²) in [6, 6.07) is 22.2. The van der Waals surface area contributed by atoms with Crippen LogP contribution in [-0.2, 0) is 17.6 Å². The van der Waals surface area contributed by atoms with E-state index >= 15 is 0 Å². The van der Waals surface area contributed by atoms with Crippen LogP contribution in [0.15, 0.2) is 66.7 Å². The van der Waals surface area contributed by atoms with E-state index in [0.29, 0.717) is 18.0 Å². The van der Waals surface area contributed by atoms with Crippen molar-refractivity contribution >= 4 is 29.1 Å². The van der Waals surface area contributed by atoms with Gasteiger partial charge in [0, 0.05) is 28.9 Å². The highest BCUT2D eigenvalue weighted by Crippen LogP contribution is 2.23. The Morgan fingerprint density at radius 2 is 1.40 bits per heavy atom. The third kappa shape index (κ3) is 6.90. The van der Waals surface area contributed by atoms with Crippen molar-refractivity contribution in [1.29, 1.82) is 0 Å². The number of amides is 1. The van der Waals surface area contributed by atoms with Crippen molar-refractivity contribution in [3.63, 3.8) is 0 Å². The number of hydrogen-bond donors (Lipinski definition) is 1. The van der Waals surface area contributed by atoms with Crippen molar-refractivity contribution in [1.82, 2.24) is 5.32 Å². The van der Waals surface area contributed by atoms with Gasteiger partial charge in [-0.15, -0.1) is 0 Å². The summed E-state index contributed by atoms with van der Waals surface area (Å²) in [7, 11) is 0. The summed E-state index contributed by atoms with van der Waals surface area (Å²) in [5.41, 5.74) is 6.01. The zero-order valence-electron chi connectivity index (χ0n) is 17.4. The minimum atomic E-state index is 0.0734. The summed E-state index contributed by atoms with van der Waals surface area (Å²) < 4.78 is 0. The first-order valence-electron chi connectivity index (χ1n) is 10.2. The maximum Gasteiger partial charge on any atom is 0.220 e. The summed E-state index contributed by atoms with van der Waals surface area (Å²) >= 11 is 12.1. The highest BCUT2D eigenvalue weighted by Gasteiger charge is 2.14. The molecule has 0 heterocycles. The number of carbonyl (C=O) groups excluding carboxylic acids is 1. The highest BCUT2D eigenvalue weighted by molar-refractivity contribution is 6.30. The Hall–Kier alpha value is -2.29. The first kappa shape index (κ1) is 22.4. The van der Waals surface area contributed by atoms with Gasteiger partial charge in [0.1, 0.15) is 0 Å². The fraction of sp³-hybridized carbons (Fsp3) is 0.269. The van der Waals surface area contributed by atoms with Crippen LogP contribution in [0.25, 0.3) is 0 Å². The SMILES string of the molecule is Cc1cc(C)cc(CCC(=O)NC[C@H](Cc2ccc(Cl)cc2)c2ccc(Cl)cc2)c1. The van der Waals surface area contributed by atoms with Gasteiger partial charge in [0.15, 0.2) is 0 Å². The average molecular weight is 440 g/mol. The van der Waals surface area contributed by atoms with Gasteiger partial charge in [0.2, 0.25) is 5.91 Å². The quantitative estimate of drug-likeness (QED) is 0.416. The normalized spacial score (nSPS) is 11.9. The van der Waals surface area contributed by atoms with Gasteiger partial charge in [-0.25, -0.2) is 0 Å². The number of carbonyl (C=O) groups is 1. The molecular formula is C26H27Cl2NO. The van der Waals surface area contributed by atoms with Crippen LogP contribution in [-0.4, -0.2) is 12.5 Å². The molecule has 0 radical (unpaired) electrons. The molecule has 3 aromatic carbocycles. The lowest BCUT2D eigenvalue weighted by molar-refractivity contribution is -0.121. The molecule has 1 atom stereocenters. The van der Waals surface area contributed by atoms with Crippen molar-refractivity contribution < 1.29 is 4.79 Å². The second-order valence-corrected chi connectivity index (χ2v) is 8.75. The Labute approximate surface area is 189 Å². The Kier molecular flexibility index (Phi) is 7.95. The number of halogens is 2. The third-order valence-electron chi connectivity index (χ3n) is 5.20. The molecule has 0 spiro atoms. The third-order valence-corrected chi connectivity index (χ3v) is 5.71. The minimum absolute atomic E-state index is 0.0734. The second kappa shape index (κ2) is 10.7. The maximum atomic E-state index is 12.5. The molecule has 0 bridgehead atoms. The van der Waals surface area contributed by atoms with Gasteiger partial charge >= 0.3 is 0 Å². The van der Waals surface area contributed by atoms with Crippen LogP contribution in [0.4, 0.5) is 0 Å². The van der Waals surface area contributed by atoms with E-state index in [4.69, 9.17) is 23.2 Å². The predicted octanol–water partition coefficient (Wildman–Crippen LogP) is 6.69. The number of aryl methyl sites for hydroxylation is 3. The van der Waals surface area contributed by atoms with Gasteiger partial charge in [-0.2, -0.15) is 0 Å². The lowest BCUT2D eigenvalue weighted by atomic mass is 9.92. The number of hydrogen-bond acceptors (Lipinski definition) is 1. The van der Waals surface area contributed by atoms with E-state index < -0.39 is 0 Å². The summed E-state index contributed by atoms with van der Waals surface area (Å²) in [6.45, 7) is 4.75. The fourth-order valence-corrected chi connectivity index (χ4v) is 4.00. The van der Waals surface area contributed by atoms with Gasteiger partial charge in [0.25, 0.3) is 0 Å². The van der Waals surface area contributed by atoms with E-state index in [1.165, 1.54) is 22.3 Å². The zero-order chi connectivity index (χ0) is 21.5. The number of rotatable bonds is 8. The van der Waals surface area contributed by atoms with Crippen LogP contribution in [0.1, 0.15) is 40.2 Å². The summed E-state index contributed by atoms with van der Waals surface area (Å²) in [6.07, 6.45) is 2.05. The van der Waals surface area contributed by atoms with Crippen LogP contribution in [0, 0.1) is 13.8 Å². The van der Waals surface area contributed by atoms with E-state index in [9.17, 15) is 4.79 Å². The Morgan fingerprint density at radius 3 is 2.00 bits per heavy atom. The van der Waals surface area contributed by atoms with Crippen molar-refractivity contribution in [3.05, 3.63) is 105 Å². The molecule has 156 valence electrons. The predicted molar refractivity (Wildman–Crippen MR) is 127 cm³/mol. The Balaban J connectivity index is 1.62. The summed E-state index contributed by atoms with van der Waals surface area (Å²) in [5, 5.41) is 4.56. The number of benzene rings is 3. The molecule has 0 aromatic heterocycles. The molecule has 0 aliphatic rings. The molecule has 0 fully saturated rings. The van der Waals surface area contributed by atoms with Gasteiger partial charge in [-0.3, -0.25) is 4.79 Å². The largest absolute Gasteiger partial charge is 0.355 e. The summed E-state index contributed by atoms with van der Waals surface area (Å²) in [5.74, 6) is 0.234. The van der Waals surface area contributed by atoms with Gasteiger partial charge in [-0.1, -0.05) is 76.8 Å². The van der Waals surface area contributed by atoms with E-state index in [0.717, 1.165) is 23.4 Å².